The van der Waals surface area contributed by atoms with Crippen molar-refractivity contribution in [1.29, 1.82) is 0 Å². The highest BCUT2D eigenvalue weighted by atomic mass is 16.6. The van der Waals surface area contributed by atoms with Gasteiger partial charge in [-0.1, -0.05) is 13.8 Å². The van der Waals surface area contributed by atoms with Crippen molar-refractivity contribution < 1.29 is 19.7 Å². The second-order valence-corrected chi connectivity index (χ2v) is 2.83. The second kappa shape index (κ2) is 2.45. The van der Waals surface area contributed by atoms with E-state index in [1.54, 1.807) is 13.8 Å². The van der Waals surface area contributed by atoms with E-state index in [-0.39, 0.29) is 11.7 Å². The topological polar surface area (TPSA) is 66.8 Å². The summed E-state index contributed by atoms with van der Waals surface area (Å²) in [7, 11) is 0. The lowest BCUT2D eigenvalue weighted by Gasteiger charge is -2.08. The highest BCUT2D eigenvalue weighted by molar-refractivity contribution is 5.79. The number of carbonyl (C=O) groups excluding carboxylic acids is 1. The summed E-state index contributed by atoms with van der Waals surface area (Å²) >= 11 is 0. The average molecular weight is 158 g/mol. The number of hydrogen-bond donors (Lipinski definition) is 2. The number of ether oxygens (including phenoxy) is 1. The van der Waals surface area contributed by atoms with E-state index in [4.69, 9.17) is 10.2 Å². The van der Waals surface area contributed by atoms with E-state index in [9.17, 15) is 4.79 Å². The van der Waals surface area contributed by atoms with E-state index in [1.807, 2.05) is 0 Å². The van der Waals surface area contributed by atoms with Gasteiger partial charge in [0, 0.05) is 0 Å². The number of aliphatic hydroxyl groups excluding tert-OH is 2. The number of hydrogen-bond acceptors (Lipinski definition) is 4. The van der Waals surface area contributed by atoms with Gasteiger partial charge in [-0.15, -0.1) is 0 Å². The van der Waals surface area contributed by atoms with Crippen LogP contribution in [-0.2, 0) is 9.53 Å². The molecule has 2 N–H and O–H groups in total. The van der Waals surface area contributed by atoms with Crippen LogP contribution in [0.1, 0.15) is 13.8 Å². The lowest BCUT2D eigenvalue weighted by Crippen LogP contribution is -2.17. The maximum Gasteiger partial charge on any atom is 0.325 e. The molecule has 0 amide bonds. The summed E-state index contributed by atoms with van der Waals surface area (Å²) in [6.07, 6.45) is 0. The third-order valence-corrected chi connectivity index (χ3v) is 1.63. The number of carbonyl (C=O) groups is 1. The summed E-state index contributed by atoms with van der Waals surface area (Å²) in [6, 6.07) is 0. The minimum absolute atomic E-state index is 0.0628. The van der Waals surface area contributed by atoms with Gasteiger partial charge in [-0.05, 0) is 5.92 Å². The smallest absolute Gasteiger partial charge is 0.325 e. The molecule has 1 heterocycles. The van der Waals surface area contributed by atoms with Crippen LogP contribution in [0.15, 0.2) is 11.7 Å². The first-order valence-electron chi connectivity index (χ1n) is 3.37. The van der Waals surface area contributed by atoms with Crippen molar-refractivity contribution in [2.45, 2.75) is 13.8 Å². The standard InChI is InChI=1S/C7H10O4/c1-3(2)4-5(8)7(10)11-6(4)9/h3-4,8,10H,1-2H3. The first-order valence-corrected chi connectivity index (χ1v) is 3.37. The Morgan fingerprint density at radius 1 is 1.45 bits per heavy atom. The van der Waals surface area contributed by atoms with Crippen molar-refractivity contribution >= 4 is 5.97 Å². The van der Waals surface area contributed by atoms with Crippen molar-refractivity contribution in [2.24, 2.45) is 11.8 Å². The van der Waals surface area contributed by atoms with Crippen LogP contribution < -0.4 is 0 Å². The minimum Gasteiger partial charge on any atom is -0.505 e. The van der Waals surface area contributed by atoms with Crippen molar-refractivity contribution in [1.82, 2.24) is 0 Å². The summed E-state index contributed by atoms with van der Waals surface area (Å²) in [6.45, 7) is 3.53. The molecule has 1 aliphatic heterocycles. The maximum atomic E-state index is 10.9. The van der Waals surface area contributed by atoms with Gasteiger partial charge in [-0.25, -0.2) is 0 Å². The number of cyclic esters (lactones) is 1. The van der Waals surface area contributed by atoms with Gasteiger partial charge in [0.05, 0.1) is 0 Å². The first kappa shape index (κ1) is 7.91. The molecule has 1 rings (SSSR count). The predicted molar refractivity (Wildman–Crippen MR) is 36.7 cm³/mol. The maximum absolute atomic E-state index is 10.9. The van der Waals surface area contributed by atoms with Gasteiger partial charge in [0.25, 0.3) is 0 Å². The summed E-state index contributed by atoms with van der Waals surface area (Å²) < 4.78 is 4.29. The van der Waals surface area contributed by atoms with Gasteiger partial charge in [-0.3, -0.25) is 4.79 Å². The Kier molecular flexibility index (Phi) is 1.76. The zero-order chi connectivity index (χ0) is 8.59. The molecule has 11 heavy (non-hydrogen) atoms. The molecule has 0 aromatic carbocycles. The quantitative estimate of drug-likeness (QED) is 0.561. The van der Waals surface area contributed by atoms with Crippen molar-refractivity contribution in [2.75, 3.05) is 0 Å². The van der Waals surface area contributed by atoms with Crippen LogP contribution in [0.2, 0.25) is 0 Å². The molecule has 0 fully saturated rings. The normalized spacial score (nSPS) is 24.6. The Balaban J connectivity index is 2.88. The molecule has 1 atom stereocenters. The van der Waals surface area contributed by atoms with E-state index >= 15 is 0 Å². The van der Waals surface area contributed by atoms with Crippen LogP contribution >= 0.6 is 0 Å². The van der Waals surface area contributed by atoms with Gasteiger partial charge in [0.2, 0.25) is 0 Å². The largest absolute Gasteiger partial charge is 0.505 e. The number of rotatable bonds is 1. The third kappa shape index (κ3) is 1.15. The minimum atomic E-state index is -0.699. The Bertz CT molecular complexity index is 216. The van der Waals surface area contributed by atoms with Gasteiger partial charge < -0.3 is 14.9 Å². The summed E-state index contributed by atoms with van der Waals surface area (Å²) in [5, 5.41) is 17.9. The zero-order valence-corrected chi connectivity index (χ0v) is 6.37. The molecule has 0 aromatic heterocycles. The summed E-state index contributed by atoms with van der Waals surface area (Å²) in [5.74, 6) is -2.36. The fourth-order valence-electron chi connectivity index (χ4n) is 1.04. The van der Waals surface area contributed by atoms with E-state index in [0.717, 1.165) is 0 Å². The molecule has 62 valence electrons. The summed E-state index contributed by atoms with van der Waals surface area (Å²) in [4.78, 5) is 10.9. The fourth-order valence-corrected chi connectivity index (χ4v) is 1.04. The molecular weight excluding hydrogens is 148 g/mol. The van der Waals surface area contributed by atoms with Gasteiger partial charge in [-0.2, -0.15) is 0 Å². The lowest BCUT2D eigenvalue weighted by atomic mass is 9.95. The SMILES string of the molecule is CC(C)C1C(=O)OC(O)=C1O. The molecule has 0 aromatic rings. The number of esters is 1. The molecule has 0 saturated heterocycles. The van der Waals surface area contributed by atoms with E-state index in [1.165, 1.54) is 0 Å². The molecule has 1 unspecified atom stereocenters. The Labute approximate surface area is 64.1 Å². The molecule has 0 spiro atoms. The van der Waals surface area contributed by atoms with E-state index in [0.29, 0.717) is 0 Å². The van der Waals surface area contributed by atoms with Crippen LogP contribution in [0.3, 0.4) is 0 Å². The summed E-state index contributed by atoms with van der Waals surface area (Å²) in [5.41, 5.74) is 0. The molecule has 0 radical (unpaired) electrons. The molecule has 0 saturated carbocycles. The van der Waals surface area contributed by atoms with E-state index < -0.39 is 17.8 Å². The predicted octanol–water partition coefficient (Wildman–Crippen LogP) is 1.10. The second-order valence-electron chi connectivity index (χ2n) is 2.83. The Morgan fingerprint density at radius 2 is 2.00 bits per heavy atom. The van der Waals surface area contributed by atoms with Gasteiger partial charge >= 0.3 is 11.9 Å². The van der Waals surface area contributed by atoms with Crippen molar-refractivity contribution in [3.05, 3.63) is 11.7 Å². The van der Waals surface area contributed by atoms with Crippen molar-refractivity contribution in [3.63, 3.8) is 0 Å². The third-order valence-electron chi connectivity index (χ3n) is 1.63. The molecular formula is C7H10O4. The Hall–Kier alpha value is -1.19. The van der Waals surface area contributed by atoms with Crippen LogP contribution in [-0.4, -0.2) is 16.2 Å². The van der Waals surface area contributed by atoms with Gasteiger partial charge in [0.1, 0.15) is 5.92 Å². The van der Waals surface area contributed by atoms with Crippen LogP contribution in [0.4, 0.5) is 0 Å². The lowest BCUT2D eigenvalue weighted by molar-refractivity contribution is -0.144. The molecule has 4 nitrogen and oxygen atoms in total. The number of aliphatic hydroxyl groups is 2. The first-order chi connectivity index (χ1) is 5.04. The fraction of sp³-hybridized carbons (Fsp3) is 0.571. The average Bonchev–Trinajstić information content (AvgIpc) is 2.07. The highest BCUT2D eigenvalue weighted by Crippen LogP contribution is 2.28. The van der Waals surface area contributed by atoms with E-state index in [2.05, 4.69) is 4.74 Å². The molecule has 0 bridgehead atoms. The molecule has 0 aliphatic carbocycles. The van der Waals surface area contributed by atoms with Crippen LogP contribution in [0, 0.1) is 11.8 Å². The van der Waals surface area contributed by atoms with Crippen LogP contribution in [0.25, 0.3) is 0 Å². The van der Waals surface area contributed by atoms with Crippen molar-refractivity contribution in [3.8, 4) is 0 Å². The highest BCUT2D eigenvalue weighted by Gasteiger charge is 2.38. The molecule has 1 aliphatic rings. The van der Waals surface area contributed by atoms with Gasteiger partial charge in [0.15, 0.2) is 5.76 Å². The van der Waals surface area contributed by atoms with Crippen LogP contribution in [0.5, 0.6) is 0 Å². The Morgan fingerprint density at radius 3 is 2.18 bits per heavy atom. The zero-order valence-electron chi connectivity index (χ0n) is 6.37. The molecule has 4 heteroatoms. The monoisotopic (exact) mass is 158 g/mol.